The fourth-order valence-electron chi connectivity index (χ4n) is 10.7. The molecule has 0 aromatic heterocycles. The normalized spacial score (nSPS) is 41.8. The zero-order valence-electron chi connectivity index (χ0n) is 23.5. The van der Waals surface area contributed by atoms with Gasteiger partial charge in [-0.25, -0.2) is 0 Å². The van der Waals surface area contributed by atoms with Crippen molar-refractivity contribution in [1.82, 2.24) is 0 Å². The van der Waals surface area contributed by atoms with Crippen LogP contribution in [0.5, 0.6) is 0 Å². The fraction of sp³-hybridized carbons (Fsp3) is 0.583. The first-order chi connectivity index (χ1) is 18.4. The third-order valence-corrected chi connectivity index (χ3v) is 12.5. The van der Waals surface area contributed by atoms with Crippen molar-refractivity contribution in [3.05, 3.63) is 77.9 Å². The first-order valence-corrected chi connectivity index (χ1v) is 15.4. The molecule has 2 heteroatoms. The Bertz CT molecular complexity index is 1190. The minimum Gasteiger partial charge on any atom is -0.363 e. The Labute approximate surface area is 229 Å². The number of hydrogen-bond acceptors (Lipinski definition) is 2. The maximum absolute atomic E-state index is 14.4. The van der Waals surface area contributed by atoms with E-state index in [2.05, 4.69) is 87.5 Å². The molecular formula is C36H44O2. The van der Waals surface area contributed by atoms with Gasteiger partial charge in [-0.15, -0.1) is 0 Å². The molecule has 6 fully saturated rings. The Morgan fingerprint density at radius 3 is 2.26 bits per heavy atom. The van der Waals surface area contributed by atoms with Crippen molar-refractivity contribution in [2.75, 3.05) is 0 Å². The summed E-state index contributed by atoms with van der Waals surface area (Å²) in [5.74, 6) is 3.34. The van der Waals surface area contributed by atoms with E-state index in [1.807, 2.05) is 0 Å². The molecule has 0 N–H and O–H groups in total. The van der Waals surface area contributed by atoms with Crippen LogP contribution in [0.25, 0.3) is 5.57 Å². The highest BCUT2D eigenvalue weighted by molar-refractivity contribution is 5.91. The van der Waals surface area contributed by atoms with Gasteiger partial charge in [0.1, 0.15) is 5.60 Å². The van der Waals surface area contributed by atoms with Crippen LogP contribution in [0.15, 0.2) is 66.7 Å². The average Bonchev–Trinajstić information content (AvgIpc) is 3.26. The summed E-state index contributed by atoms with van der Waals surface area (Å²) in [5, 5.41) is 0. The topological polar surface area (TPSA) is 26.3 Å². The van der Waals surface area contributed by atoms with E-state index in [0.29, 0.717) is 41.5 Å². The van der Waals surface area contributed by atoms with Crippen molar-refractivity contribution in [3.8, 4) is 0 Å². The van der Waals surface area contributed by atoms with E-state index in [1.165, 1.54) is 55.2 Å². The number of ether oxygens (including phenoxy) is 1. The van der Waals surface area contributed by atoms with Gasteiger partial charge in [-0.1, -0.05) is 87.5 Å². The third-order valence-electron chi connectivity index (χ3n) is 12.5. The Morgan fingerprint density at radius 2 is 1.58 bits per heavy atom. The lowest BCUT2D eigenvalue weighted by molar-refractivity contribution is -0.307. The van der Waals surface area contributed by atoms with E-state index in [0.717, 1.165) is 19.3 Å². The molecule has 6 aliphatic rings. The highest BCUT2D eigenvalue weighted by Crippen LogP contribution is 2.72. The van der Waals surface area contributed by atoms with Gasteiger partial charge in [-0.05, 0) is 103 Å². The summed E-state index contributed by atoms with van der Waals surface area (Å²) >= 11 is 0. The zero-order chi connectivity index (χ0) is 26.1. The number of benzene rings is 2. The largest absolute Gasteiger partial charge is 0.363 e. The van der Waals surface area contributed by atoms with Gasteiger partial charge in [0.15, 0.2) is 5.78 Å². The standard InChI is InChI=1S/C36H44O2/c1-24(14-16-29(25-10-6-4-7-11-25)26-12-8-5-9-13-26)30-18-19-31-32-17-15-27-22-28-20-21-35(27,3)36(32,38-28)33(37)23-34(30,31)2/h4-13,16,24,27-28,30-32H,14-15,17-23H2,1-3H3/t24-,27+,28-,30+,31-,32-,34-,35+,36+/m1/s1. The lowest BCUT2D eigenvalue weighted by atomic mass is 9.40. The molecule has 4 saturated carbocycles. The quantitative estimate of drug-likeness (QED) is 0.405. The number of Topliss-reactive ketones (excluding diaryl/α,β-unsaturated/α-hetero) is 1. The number of carbonyl (C=O) groups excluding carboxylic acids is 1. The first-order valence-electron chi connectivity index (χ1n) is 15.4. The summed E-state index contributed by atoms with van der Waals surface area (Å²) in [6, 6.07) is 21.6. The number of fused-ring (bicyclic) bond motifs is 3. The number of ketones is 1. The van der Waals surface area contributed by atoms with Gasteiger partial charge in [0, 0.05) is 11.8 Å². The molecular weight excluding hydrogens is 464 g/mol. The van der Waals surface area contributed by atoms with E-state index in [1.54, 1.807) is 0 Å². The van der Waals surface area contributed by atoms with Crippen molar-refractivity contribution >= 4 is 11.4 Å². The summed E-state index contributed by atoms with van der Waals surface area (Å²) in [5.41, 5.74) is 3.58. The van der Waals surface area contributed by atoms with Crippen LogP contribution < -0.4 is 0 Å². The van der Waals surface area contributed by atoms with Crippen LogP contribution in [0.3, 0.4) is 0 Å². The Morgan fingerprint density at radius 1 is 0.921 bits per heavy atom. The summed E-state index contributed by atoms with van der Waals surface area (Å²) in [7, 11) is 0. The van der Waals surface area contributed by atoms with Gasteiger partial charge in [0.2, 0.25) is 0 Å². The highest BCUT2D eigenvalue weighted by Gasteiger charge is 2.74. The van der Waals surface area contributed by atoms with E-state index >= 15 is 0 Å². The first kappa shape index (κ1) is 24.8. The van der Waals surface area contributed by atoms with Gasteiger partial charge in [-0.3, -0.25) is 4.79 Å². The molecule has 200 valence electrons. The smallest absolute Gasteiger partial charge is 0.166 e. The van der Waals surface area contributed by atoms with E-state index in [4.69, 9.17) is 4.74 Å². The van der Waals surface area contributed by atoms with Gasteiger partial charge in [0.25, 0.3) is 0 Å². The third kappa shape index (κ3) is 3.38. The molecule has 4 aliphatic carbocycles. The van der Waals surface area contributed by atoms with Crippen molar-refractivity contribution in [2.45, 2.75) is 90.3 Å². The van der Waals surface area contributed by atoms with Crippen LogP contribution in [-0.2, 0) is 9.53 Å². The van der Waals surface area contributed by atoms with Crippen LogP contribution in [0.2, 0.25) is 0 Å². The molecule has 0 radical (unpaired) electrons. The summed E-state index contributed by atoms with van der Waals surface area (Å²) < 4.78 is 6.93. The minimum atomic E-state index is -0.479. The SMILES string of the molecule is C[C@H](CC=C(c1ccccc1)c1ccccc1)[C@@H]1CC[C@@H]2[C@H]3CC[C@H]4C[C@H]5CC[C@]4(C)[C@@]3(O5)C(=O)C[C@@]21C. The summed E-state index contributed by atoms with van der Waals surface area (Å²) in [6.45, 7) is 7.38. The molecule has 2 saturated heterocycles. The second-order valence-electron chi connectivity index (χ2n) is 14.0. The Balaban J connectivity index is 1.17. The van der Waals surface area contributed by atoms with Crippen LogP contribution in [0.1, 0.15) is 89.7 Å². The monoisotopic (exact) mass is 508 g/mol. The predicted molar refractivity (Wildman–Crippen MR) is 153 cm³/mol. The molecule has 2 aromatic rings. The van der Waals surface area contributed by atoms with E-state index in [-0.39, 0.29) is 10.8 Å². The number of allylic oxidation sites excluding steroid dienone is 1. The lowest BCUT2D eigenvalue weighted by Gasteiger charge is -2.70. The van der Waals surface area contributed by atoms with Crippen molar-refractivity contribution in [2.24, 2.45) is 40.4 Å². The maximum atomic E-state index is 14.4. The van der Waals surface area contributed by atoms with Crippen molar-refractivity contribution in [3.63, 3.8) is 0 Å². The van der Waals surface area contributed by atoms with Gasteiger partial charge in [0.05, 0.1) is 6.10 Å². The predicted octanol–water partition coefficient (Wildman–Crippen LogP) is 8.50. The average molecular weight is 509 g/mol. The lowest BCUT2D eigenvalue weighted by Crippen LogP contribution is -2.75. The molecule has 2 aliphatic heterocycles. The molecule has 2 nitrogen and oxygen atoms in total. The molecule has 2 aromatic carbocycles. The molecule has 8 rings (SSSR count). The van der Waals surface area contributed by atoms with Crippen LogP contribution >= 0.6 is 0 Å². The number of carbonyl (C=O) groups is 1. The molecule has 38 heavy (non-hydrogen) atoms. The second-order valence-corrected chi connectivity index (χ2v) is 14.0. The Kier molecular flexibility index (Phi) is 5.82. The zero-order valence-corrected chi connectivity index (χ0v) is 23.5. The van der Waals surface area contributed by atoms with Gasteiger partial charge in [-0.2, -0.15) is 0 Å². The maximum Gasteiger partial charge on any atom is 0.166 e. The summed E-state index contributed by atoms with van der Waals surface area (Å²) in [4.78, 5) is 14.4. The van der Waals surface area contributed by atoms with Crippen molar-refractivity contribution in [1.29, 1.82) is 0 Å². The van der Waals surface area contributed by atoms with Crippen LogP contribution in [-0.4, -0.2) is 17.5 Å². The highest BCUT2D eigenvalue weighted by atomic mass is 16.5. The van der Waals surface area contributed by atoms with Crippen molar-refractivity contribution < 1.29 is 9.53 Å². The van der Waals surface area contributed by atoms with Crippen LogP contribution in [0, 0.1) is 40.4 Å². The molecule has 1 spiro atoms. The molecule has 9 atom stereocenters. The Hall–Kier alpha value is -2.19. The number of rotatable bonds is 5. The number of hydrogen-bond donors (Lipinski definition) is 0. The minimum absolute atomic E-state index is 0.0653. The van der Waals surface area contributed by atoms with E-state index in [9.17, 15) is 4.79 Å². The van der Waals surface area contributed by atoms with E-state index < -0.39 is 5.60 Å². The summed E-state index contributed by atoms with van der Waals surface area (Å²) in [6.07, 6.45) is 13.2. The second kappa shape index (κ2) is 8.91. The molecule has 0 unspecified atom stereocenters. The fourth-order valence-corrected chi connectivity index (χ4v) is 10.7. The van der Waals surface area contributed by atoms with Crippen LogP contribution in [0.4, 0.5) is 0 Å². The molecule has 0 amide bonds. The van der Waals surface area contributed by atoms with Gasteiger partial charge >= 0.3 is 0 Å². The molecule has 2 heterocycles. The molecule has 4 bridgehead atoms. The van der Waals surface area contributed by atoms with Gasteiger partial charge < -0.3 is 4.74 Å².